The highest BCUT2D eigenvalue weighted by Gasteiger charge is 2.39. The molecule has 18 heavy (non-hydrogen) atoms. The van der Waals surface area contributed by atoms with E-state index < -0.39 is 0 Å². The zero-order chi connectivity index (χ0) is 13.2. The first-order valence-corrected chi connectivity index (χ1v) is 6.81. The van der Waals surface area contributed by atoms with E-state index in [2.05, 4.69) is 50.4 Å². The van der Waals surface area contributed by atoms with Gasteiger partial charge in [0.05, 0.1) is 5.60 Å². The number of hydrogen-bond acceptors (Lipinski definition) is 2. The molecule has 0 saturated carbocycles. The molecule has 0 unspecified atom stereocenters. The lowest BCUT2D eigenvalue weighted by Crippen LogP contribution is -2.57. The van der Waals surface area contributed by atoms with Crippen LogP contribution in [-0.4, -0.2) is 25.8 Å². The smallest absolute Gasteiger partial charge is 0.0623 e. The Labute approximate surface area is 111 Å². The lowest BCUT2D eigenvalue weighted by Gasteiger charge is -2.45. The summed E-state index contributed by atoms with van der Waals surface area (Å²) in [4.78, 5) is 0. The zero-order valence-electron chi connectivity index (χ0n) is 12.0. The largest absolute Gasteiger partial charge is 0.379 e. The molecule has 1 aliphatic rings. The molecule has 0 amide bonds. The van der Waals surface area contributed by atoms with Gasteiger partial charge in [0.25, 0.3) is 0 Å². The third-order valence-corrected chi connectivity index (χ3v) is 4.32. The standard InChI is InChI=1S/C16H25NO/c1-13-6-5-7-14(10-13)16(11-17-12-16)9-8-15(2,3)18-4/h5-7,10,17H,8-9,11-12H2,1-4H3. The molecule has 1 heterocycles. The van der Waals surface area contributed by atoms with Gasteiger partial charge in [-0.05, 0) is 39.2 Å². The van der Waals surface area contributed by atoms with Gasteiger partial charge in [0, 0.05) is 25.6 Å². The molecular weight excluding hydrogens is 222 g/mol. The van der Waals surface area contributed by atoms with E-state index in [1.165, 1.54) is 17.5 Å². The van der Waals surface area contributed by atoms with Crippen molar-refractivity contribution in [1.29, 1.82) is 0 Å². The molecule has 0 aliphatic carbocycles. The van der Waals surface area contributed by atoms with Crippen molar-refractivity contribution < 1.29 is 4.74 Å². The van der Waals surface area contributed by atoms with Crippen molar-refractivity contribution >= 4 is 0 Å². The maximum absolute atomic E-state index is 5.54. The SMILES string of the molecule is COC(C)(C)CCC1(c2cccc(C)c2)CNC1. The summed E-state index contributed by atoms with van der Waals surface area (Å²) in [5.74, 6) is 0. The molecule has 1 aliphatic heterocycles. The summed E-state index contributed by atoms with van der Waals surface area (Å²) in [6.07, 6.45) is 2.28. The van der Waals surface area contributed by atoms with E-state index in [1.54, 1.807) is 7.11 Å². The van der Waals surface area contributed by atoms with Gasteiger partial charge in [-0.1, -0.05) is 29.8 Å². The molecule has 0 spiro atoms. The number of rotatable bonds is 5. The fourth-order valence-corrected chi connectivity index (χ4v) is 2.57. The predicted octanol–water partition coefficient (Wildman–Crippen LogP) is 3.04. The molecule has 100 valence electrons. The number of hydrogen-bond donors (Lipinski definition) is 1. The van der Waals surface area contributed by atoms with Crippen molar-refractivity contribution in [3.05, 3.63) is 35.4 Å². The highest BCUT2D eigenvalue weighted by molar-refractivity contribution is 5.33. The Morgan fingerprint density at radius 1 is 1.33 bits per heavy atom. The quantitative estimate of drug-likeness (QED) is 0.863. The Morgan fingerprint density at radius 3 is 2.56 bits per heavy atom. The molecule has 1 fully saturated rings. The fourth-order valence-electron chi connectivity index (χ4n) is 2.57. The van der Waals surface area contributed by atoms with Crippen LogP contribution in [0.1, 0.15) is 37.8 Å². The van der Waals surface area contributed by atoms with Gasteiger partial charge in [0.2, 0.25) is 0 Å². The molecular formula is C16H25NO. The molecule has 2 heteroatoms. The molecule has 0 aromatic heterocycles. The van der Waals surface area contributed by atoms with Gasteiger partial charge < -0.3 is 10.1 Å². The second-order valence-corrected chi connectivity index (χ2v) is 6.22. The molecule has 1 N–H and O–H groups in total. The second kappa shape index (κ2) is 5.02. The Hall–Kier alpha value is -0.860. The van der Waals surface area contributed by atoms with Crippen molar-refractivity contribution in [3.8, 4) is 0 Å². The van der Waals surface area contributed by atoms with Crippen LogP contribution in [0.5, 0.6) is 0 Å². The van der Waals surface area contributed by atoms with Gasteiger partial charge in [-0.15, -0.1) is 0 Å². The molecule has 0 radical (unpaired) electrons. The minimum absolute atomic E-state index is 0.0214. The third-order valence-electron chi connectivity index (χ3n) is 4.32. The van der Waals surface area contributed by atoms with Gasteiger partial charge in [-0.2, -0.15) is 0 Å². The minimum atomic E-state index is -0.0214. The Kier molecular flexibility index (Phi) is 3.79. The number of aryl methyl sites for hydroxylation is 1. The Bertz CT molecular complexity index is 407. The molecule has 1 saturated heterocycles. The van der Waals surface area contributed by atoms with Crippen molar-refractivity contribution in [3.63, 3.8) is 0 Å². The first kappa shape index (κ1) is 13.6. The number of nitrogens with one attached hydrogen (secondary N) is 1. The van der Waals surface area contributed by atoms with E-state index in [1.807, 2.05) is 0 Å². The summed E-state index contributed by atoms with van der Waals surface area (Å²) in [6.45, 7) is 8.70. The first-order chi connectivity index (χ1) is 8.47. The van der Waals surface area contributed by atoms with Gasteiger partial charge >= 0.3 is 0 Å². The lowest BCUT2D eigenvalue weighted by atomic mass is 9.70. The van der Waals surface area contributed by atoms with Crippen molar-refractivity contribution in [2.45, 2.75) is 44.6 Å². The summed E-state index contributed by atoms with van der Waals surface area (Å²) >= 11 is 0. The zero-order valence-corrected chi connectivity index (χ0v) is 12.0. The van der Waals surface area contributed by atoms with Crippen LogP contribution in [0.4, 0.5) is 0 Å². The molecule has 0 bridgehead atoms. The van der Waals surface area contributed by atoms with Crippen LogP contribution >= 0.6 is 0 Å². The van der Waals surface area contributed by atoms with E-state index in [4.69, 9.17) is 4.74 Å². The summed E-state index contributed by atoms with van der Waals surface area (Å²) in [6, 6.07) is 8.95. The normalized spacial score (nSPS) is 18.4. The first-order valence-electron chi connectivity index (χ1n) is 6.81. The number of ether oxygens (including phenoxy) is 1. The van der Waals surface area contributed by atoms with Crippen LogP contribution in [-0.2, 0) is 10.2 Å². The molecule has 1 aromatic carbocycles. The number of methoxy groups -OCH3 is 1. The molecule has 0 atom stereocenters. The summed E-state index contributed by atoms with van der Waals surface area (Å²) in [7, 11) is 1.80. The van der Waals surface area contributed by atoms with E-state index in [-0.39, 0.29) is 5.60 Å². The highest BCUT2D eigenvalue weighted by atomic mass is 16.5. The summed E-state index contributed by atoms with van der Waals surface area (Å²) in [5, 5.41) is 3.43. The van der Waals surface area contributed by atoms with Gasteiger partial charge in [0.1, 0.15) is 0 Å². The highest BCUT2D eigenvalue weighted by Crippen LogP contribution is 2.36. The third kappa shape index (κ3) is 2.76. The topological polar surface area (TPSA) is 21.3 Å². The Balaban J connectivity index is 2.12. The number of benzene rings is 1. The van der Waals surface area contributed by atoms with E-state index >= 15 is 0 Å². The van der Waals surface area contributed by atoms with Gasteiger partial charge in [-0.3, -0.25) is 0 Å². The van der Waals surface area contributed by atoms with Gasteiger partial charge in [-0.25, -0.2) is 0 Å². The predicted molar refractivity (Wildman–Crippen MR) is 76.0 cm³/mol. The summed E-state index contributed by atoms with van der Waals surface area (Å²) < 4.78 is 5.54. The molecule has 2 rings (SSSR count). The van der Waals surface area contributed by atoms with E-state index in [0.29, 0.717) is 5.41 Å². The van der Waals surface area contributed by atoms with Crippen LogP contribution in [0.2, 0.25) is 0 Å². The monoisotopic (exact) mass is 247 g/mol. The van der Waals surface area contributed by atoms with Crippen molar-refractivity contribution in [2.24, 2.45) is 0 Å². The van der Waals surface area contributed by atoms with E-state index in [9.17, 15) is 0 Å². The molecule has 1 aromatic rings. The fraction of sp³-hybridized carbons (Fsp3) is 0.625. The van der Waals surface area contributed by atoms with Crippen LogP contribution in [0.15, 0.2) is 24.3 Å². The van der Waals surface area contributed by atoms with Crippen molar-refractivity contribution in [1.82, 2.24) is 5.32 Å². The van der Waals surface area contributed by atoms with Gasteiger partial charge in [0.15, 0.2) is 0 Å². The molecule has 2 nitrogen and oxygen atoms in total. The average Bonchev–Trinajstić information content (AvgIpc) is 2.28. The maximum Gasteiger partial charge on any atom is 0.0623 e. The second-order valence-electron chi connectivity index (χ2n) is 6.22. The van der Waals surface area contributed by atoms with Crippen LogP contribution in [0.3, 0.4) is 0 Å². The summed E-state index contributed by atoms with van der Waals surface area (Å²) in [5.41, 5.74) is 3.13. The van der Waals surface area contributed by atoms with Crippen molar-refractivity contribution in [2.75, 3.05) is 20.2 Å². The lowest BCUT2D eigenvalue weighted by molar-refractivity contribution is 0.00566. The van der Waals surface area contributed by atoms with Crippen LogP contribution in [0.25, 0.3) is 0 Å². The average molecular weight is 247 g/mol. The van der Waals surface area contributed by atoms with Crippen LogP contribution < -0.4 is 5.32 Å². The Morgan fingerprint density at radius 2 is 2.06 bits per heavy atom. The maximum atomic E-state index is 5.54. The van der Waals surface area contributed by atoms with Crippen LogP contribution in [0, 0.1) is 6.92 Å². The minimum Gasteiger partial charge on any atom is -0.379 e. The van der Waals surface area contributed by atoms with E-state index in [0.717, 1.165) is 19.5 Å².